The van der Waals surface area contributed by atoms with Crippen LogP contribution in [0.2, 0.25) is 10.0 Å². The Morgan fingerprint density at radius 2 is 1.81 bits per heavy atom. The molecule has 3 rings (SSSR count). The number of amides is 1. The van der Waals surface area contributed by atoms with Crippen LogP contribution in [-0.2, 0) is 11.3 Å². The molecule has 10 heteroatoms. The van der Waals surface area contributed by atoms with Crippen LogP contribution in [0.4, 0.5) is 5.69 Å². The highest BCUT2D eigenvalue weighted by atomic mass is 35.5. The lowest BCUT2D eigenvalue weighted by atomic mass is 10.2. The molecule has 0 bridgehead atoms. The zero-order valence-corrected chi connectivity index (χ0v) is 16.0. The number of nitrogens with zero attached hydrogens (tertiary/aromatic N) is 4. The first kappa shape index (κ1) is 18.9. The Bertz CT molecular complexity index is 960. The molecule has 0 aliphatic heterocycles. The number of nitrogens with one attached hydrogen (secondary N) is 1. The second-order valence-electron chi connectivity index (χ2n) is 5.39. The Labute approximate surface area is 165 Å². The first-order chi connectivity index (χ1) is 13.0. The van der Waals surface area contributed by atoms with Crippen molar-refractivity contribution in [2.45, 2.75) is 6.54 Å². The van der Waals surface area contributed by atoms with Crippen molar-refractivity contribution in [3.8, 4) is 22.9 Å². The van der Waals surface area contributed by atoms with Gasteiger partial charge in [-0.25, -0.2) is 0 Å². The minimum absolute atomic E-state index is 0.130. The molecule has 0 atom stereocenters. The monoisotopic (exact) mass is 407 g/mol. The minimum atomic E-state index is -0.363. The molecule has 1 aromatic heterocycles. The summed E-state index contributed by atoms with van der Waals surface area (Å²) in [5.74, 6) is 0.849. The van der Waals surface area contributed by atoms with Crippen molar-refractivity contribution < 1.29 is 14.3 Å². The predicted molar refractivity (Wildman–Crippen MR) is 101 cm³/mol. The van der Waals surface area contributed by atoms with E-state index in [4.69, 9.17) is 32.7 Å². The third kappa shape index (κ3) is 4.47. The number of aromatic nitrogens is 4. The highest BCUT2D eigenvalue weighted by molar-refractivity contribution is 6.32. The Morgan fingerprint density at radius 3 is 2.48 bits per heavy atom. The molecular weight excluding hydrogens is 393 g/mol. The number of tetrazole rings is 1. The first-order valence-electron chi connectivity index (χ1n) is 7.75. The van der Waals surface area contributed by atoms with Crippen molar-refractivity contribution in [3.63, 3.8) is 0 Å². The van der Waals surface area contributed by atoms with Gasteiger partial charge in [0.05, 0.1) is 24.9 Å². The Morgan fingerprint density at radius 1 is 1.11 bits per heavy atom. The number of methoxy groups -OCH3 is 2. The van der Waals surface area contributed by atoms with Crippen LogP contribution in [0.1, 0.15) is 0 Å². The summed E-state index contributed by atoms with van der Waals surface area (Å²) in [6, 6.07) is 10.1. The fraction of sp³-hybridized carbons (Fsp3) is 0.176. The molecule has 0 aliphatic carbocycles. The molecule has 8 nitrogen and oxygen atoms in total. The fourth-order valence-corrected chi connectivity index (χ4v) is 2.66. The van der Waals surface area contributed by atoms with E-state index in [1.54, 1.807) is 36.4 Å². The van der Waals surface area contributed by atoms with Crippen LogP contribution < -0.4 is 14.8 Å². The van der Waals surface area contributed by atoms with Crippen LogP contribution in [0.15, 0.2) is 36.4 Å². The second kappa shape index (κ2) is 8.24. The summed E-state index contributed by atoms with van der Waals surface area (Å²) in [6.45, 7) is -0.130. The number of benzene rings is 2. The Kier molecular flexibility index (Phi) is 5.78. The van der Waals surface area contributed by atoms with Gasteiger partial charge in [-0.3, -0.25) is 4.79 Å². The van der Waals surface area contributed by atoms with Gasteiger partial charge in [0.1, 0.15) is 18.0 Å². The van der Waals surface area contributed by atoms with Crippen LogP contribution in [0.25, 0.3) is 11.4 Å². The molecule has 0 spiro atoms. The number of carbonyl (C=O) groups is 1. The highest BCUT2D eigenvalue weighted by Gasteiger charge is 2.14. The number of halogens is 2. The summed E-state index contributed by atoms with van der Waals surface area (Å²) in [4.78, 5) is 13.5. The standard InChI is InChI=1S/C17H15Cl2N5O3/c1-26-14-8-13(15(27-2)7-12(14)19)20-16(25)9-24-22-17(21-23-24)10-3-5-11(18)6-4-10/h3-8H,9H2,1-2H3,(H,20,25). The van der Waals surface area contributed by atoms with Crippen molar-refractivity contribution >= 4 is 34.8 Å². The number of ether oxygens (including phenoxy) is 2. The van der Waals surface area contributed by atoms with E-state index in [2.05, 4.69) is 20.7 Å². The van der Waals surface area contributed by atoms with Gasteiger partial charge in [0.25, 0.3) is 0 Å². The van der Waals surface area contributed by atoms with E-state index in [0.717, 1.165) is 5.56 Å². The van der Waals surface area contributed by atoms with Gasteiger partial charge in [-0.2, -0.15) is 4.80 Å². The summed E-state index contributed by atoms with van der Waals surface area (Å²) in [7, 11) is 2.96. The van der Waals surface area contributed by atoms with Crippen molar-refractivity contribution in [2.24, 2.45) is 0 Å². The molecular formula is C17H15Cl2N5O3. The van der Waals surface area contributed by atoms with E-state index in [9.17, 15) is 4.79 Å². The van der Waals surface area contributed by atoms with E-state index in [1.807, 2.05) is 0 Å². The van der Waals surface area contributed by atoms with Crippen LogP contribution >= 0.6 is 23.2 Å². The maximum absolute atomic E-state index is 12.3. The summed E-state index contributed by atoms with van der Waals surface area (Å²) >= 11 is 11.9. The van der Waals surface area contributed by atoms with Gasteiger partial charge in [-0.05, 0) is 29.5 Å². The molecule has 0 aliphatic rings. The van der Waals surface area contributed by atoms with Crippen molar-refractivity contribution in [1.82, 2.24) is 20.2 Å². The topological polar surface area (TPSA) is 91.2 Å². The smallest absolute Gasteiger partial charge is 0.248 e. The van der Waals surface area contributed by atoms with Gasteiger partial charge in [0.2, 0.25) is 11.7 Å². The predicted octanol–water partition coefficient (Wildman–Crippen LogP) is 3.30. The number of hydrogen-bond donors (Lipinski definition) is 1. The largest absolute Gasteiger partial charge is 0.495 e. The molecule has 0 fully saturated rings. The molecule has 0 saturated heterocycles. The van der Waals surface area contributed by atoms with Crippen molar-refractivity contribution in [3.05, 3.63) is 46.4 Å². The molecule has 1 N–H and O–H groups in total. The van der Waals surface area contributed by atoms with Crippen molar-refractivity contribution in [2.75, 3.05) is 19.5 Å². The second-order valence-corrected chi connectivity index (χ2v) is 6.23. The fourth-order valence-electron chi connectivity index (χ4n) is 2.30. The first-order valence-corrected chi connectivity index (χ1v) is 8.51. The number of carbonyl (C=O) groups excluding carboxylic acids is 1. The van der Waals surface area contributed by atoms with E-state index in [-0.39, 0.29) is 12.5 Å². The van der Waals surface area contributed by atoms with Gasteiger partial charge >= 0.3 is 0 Å². The van der Waals surface area contributed by atoms with E-state index < -0.39 is 0 Å². The SMILES string of the molecule is COc1cc(NC(=O)Cn2nnc(-c3ccc(Cl)cc3)n2)c(OC)cc1Cl. The third-order valence-electron chi connectivity index (χ3n) is 3.59. The summed E-state index contributed by atoms with van der Waals surface area (Å²) in [6.07, 6.45) is 0. The number of anilines is 1. The molecule has 3 aromatic rings. The normalized spacial score (nSPS) is 10.5. The minimum Gasteiger partial charge on any atom is -0.495 e. The maximum atomic E-state index is 12.3. The van der Waals surface area contributed by atoms with Crippen LogP contribution in [0, 0.1) is 0 Å². The summed E-state index contributed by atoms with van der Waals surface area (Å²) in [5, 5.41) is 15.7. The quantitative estimate of drug-likeness (QED) is 0.673. The van der Waals surface area contributed by atoms with Crippen molar-refractivity contribution in [1.29, 1.82) is 0 Å². The average Bonchev–Trinajstić information content (AvgIpc) is 3.11. The molecule has 0 radical (unpaired) electrons. The average molecular weight is 408 g/mol. The number of hydrogen-bond acceptors (Lipinski definition) is 6. The molecule has 140 valence electrons. The zero-order valence-electron chi connectivity index (χ0n) is 14.4. The number of rotatable bonds is 6. The van der Waals surface area contributed by atoms with Gasteiger partial charge in [-0.1, -0.05) is 23.2 Å². The zero-order chi connectivity index (χ0) is 19.4. The molecule has 2 aromatic carbocycles. The van der Waals surface area contributed by atoms with Crippen LogP contribution in [-0.4, -0.2) is 40.3 Å². The molecule has 0 unspecified atom stereocenters. The van der Waals surface area contributed by atoms with Crippen LogP contribution in [0.3, 0.4) is 0 Å². The molecule has 1 amide bonds. The summed E-state index contributed by atoms with van der Waals surface area (Å²) in [5.41, 5.74) is 1.16. The molecule has 1 heterocycles. The summed E-state index contributed by atoms with van der Waals surface area (Å²) < 4.78 is 10.4. The van der Waals surface area contributed by atoms with Gasteiger partial charge in [0.15, 0.2) is 0 Å². The van der Waals surface area contributed by atoms with Gasteiger partial charge in [-0.15, -0.1) is 10.2 Å². The van der Waals surface area contributed by atoms with Crippen LogP contribution in [0.5, 0.6) is 11.5 Å². The van der Waals surface area contributed by atoms with Gasteiger partial charge < -0.3 is 14.8 Å². The third-order valence-corrected chi connectivity index (χ3v) is 4.14. The lowest BCUT2D eigenvalue weighted by Gasteiger charge is -2.12. The lowest BCUT2D eigenvalue weighted by Crippen LogP contribution is -2.20. The van der Waals surface area contributed by atoms with E-state index in [1.165, 1.54) is 19.0 Å². The molecule has 27 heavy (non-hydrogen) atoms. The highest BCUT2D eigenvalue weighted by Crippen LogP contribution is 2.35. The van der Waals surface area contributed by atoms with E-state index in [0.29, 0.717) is 33.1 Å². The Hall–Kier alpha value is -2.84. The Balaban J connectivity index is 1.72. The molecule has 0 saturated carbocycles. The maximum Gasteiger partial charge on any atom is 0.248 e. The van der Waals surface area contributed by atoms with Gasteiger partial charge in [0, 0.05) is 22.7 Å². The lowest BCUT2D eigenvalue weighted by molar-refractivity contribution is -0.117. The van der Waals surface area contributed by atoms with E-state index >= 15 is 0 Å².